The van der Waals surface area contributed by atoms with Gasteiger partial charge in [-0.3, -0.25) is 0 Å². The van der Waals surface area contributed by atoms with E-state index in [0.717, 1.165) is 22.1 Å². The van der Waals surface area contributed by atoms with Gasteiger partial charge in [-0.2, -0.15) is 0 Å². The summed E-state index contributed by atoms with van der Waals surface area (Å²) in [6.07, 6.45) is -0.222. The van der Waals surface area contributed by atoms with Gasteiger partial charge in [0.05, 0.1) is 6.04 Å². The molecule has 0 aliphatic carbocycles. The Labute approximate surface area is 102 Å². The van der Waals surface area contributed by atoms with Crippen molar-refractivity contribution in [2.45, 2.75) is 25.4 Å². The van der Waals surface area contributed by atoms with Gasteiger partial charge in [0.1, 0.15) is 0 Å². The number of fused-ring (bicyclic) bond motifs is 1. The van der Waals surface area contributed by atoms with Gasteiger partial charge in [0.2, 0.25) is 0 Å². The third-order valence-electron chi connectivity index (χ3n) is 2.68. The number of benzene rings is 1. The van der Waals surface area contributed by atoms with Crippen molar-refractivity contribution >= 4 is 27.7 Å². The fourth-order valence-electron chi connectivity index (χ4n) is 2.04. The van der Waals surface area contributed by atoms with E-state index < -0.39 is 6.09 Å². The van der Waals surface area contributed by atoms with Crippen molar-refractivity contribution in [3.63, 3.8) is 0 Å². The molecule has 0 bridgehead atoms. The molecule has 1 aromatic carbocycles. The van der Waals surface area contributed by atoms with Gasteiger partial charge in [0.25, 0.3) is 0 Å². The molecule has 1 amide bonds. The van der Waals surface area contributed by atoms with E-state index in [0.29, 0.717) is 0 Å². The molecule has 0 fully saturated rings. The van der Waals surface area contributed by atoms with Crippen molar-refractivity contribution in [3.05, 3.63) is 28.2 Å². The molecule has 1 aromatic rings. The van der Waals surface area contributed by atoms with Crippen molar-refractivity contribution < 1.29 is 9.90 Å². The predicted molar refractivity (Wildman–Crippen MR) is 65.7 cm³/mol. The SMILES string of the molecule is C[C@H]1C[C@@H](NC(=O)O)c2cc(Br)ccc2N1. The zero-order valence-corrected chi connectivity index (χ0v) is 10.4. The lowest BCUT2D eigenvalue weighted by molar-refractivity contribution is 0.188. The monoisotopic (exact) mass is 284 g/mol. The van der Waals surface area contributed by atoms with Crippen LogP contribution in [0.15, 0.2) is 22.7 Å². The molecule has 1 aliphatic rings. The molecular weight excluding hydrogens is 272 g/mol. The highest BCUT2D eigenvalue weighted by atomic mass is 79.9. The van der Waals surface area contributed by atoms with Crippen molar-refractivity contribution in [2.75, 3.05) is 5.32 Å². The normalized spacial score (nSPS) is 23.1. The van der Waals surface area contributed by atoms with E-state index in [9.17, 15) is 4.79 Å². The molecule has 3 N–H and O–H groups in total. The molecule has 0 unspecified atom stereocenters. The van der Waals surface area contributed by atoms with E-state index in [1.807, 2.05) is 25.1 Å². The fraction of sp³-hybridized carbons (Fsp3) is 0.364. The molecule has 86 valence electrons. The van der Waals surface area contributed by atoms with Crippen LogP contribution < -0.4 is 10.6 Å². The van der Waals surface area contributed by atoms with E-state index in [2.05, 4.69) is 26.6 Å². The Hall–Kier alpha value is -1.23. The molecule has 16 heavy (non-hydrogen) atoms. The van der Waals surface area contributed by atoms with Crippen molar-refractivity contribution in [2.24, 2.45) is 0 Å². The Morgan fingerprint density at radius 1 is 1.62 bits per heavy atom. The highest BCUT2D eigenvalue weighted by Gasteiger charge is 2.25. The number of nitrogens with one attached hydrogen (secondary N) is 2. The number of halogens is 1. The van der Waals surface area contributed by atoms with Gasteiger partial charge in [-0.05, 0) is 37.1 Å². The topological polar surface area (TPSA) is 61.4 Å². The molecule has 4 nitrogen and oxygen atoms in total. The minimum Gasteiger partial charge on any atom is -0.465 e. The summed E-state index contributed by atoms with van der Waals surface area (Å²) in [5.41, 5.74) is 2.00. The summed E-state index contributed by atoms with van der Waals surface area (Å²) in [6, 6.07) is 5.99. The Balaban J connectivity index is 2.35. The van der Waals surface area contributed by atoms with Crippen LogP contribution in [0.5, 0.6) is 0 Å². The zero-order valence-electron chi connectivity index (χ0n) is 8.83. The average Bonchev–Trinajstić information content (AvgIpc) is 2.18. The first-order valence-electron chi connectivity index (χ1n) is 5.11. The quantitative estimate of drug-likeness (QED) is 0.743. The number of carbonyl (C=O) groups is 1. The Morgan fingerprint density at radius 2 is 2.38 bits per heavy atom. The van der Waals surface area contributed by atoms with Crippen LogP contribution in [0.1, 0.15) is 24.9 Å². The summed E-state index contributed by atoms with van der Waals surface area (Å²) < 4.78 is 0.958. The molecule has 0 spiro atoms. The second-order valence-corrected chi connectivity index (χ2v) is 4.93. The van der Waals surface area contributed by atoms with E-state index in [1.165, 1.54) is 0 Å². The molecule has 2 rings (SSSR count). The highest BCUT2D eigenvalue weighted by molar-refractivity contribution is 9.10. The van der Waals surface area contributed by atoms with Crippen LogP contribution in [0.25, 0.3) is 0 Å². The van der Waals surface area contributed by atoms with E-state index >= 15 is 0 Å². The van der Waals surface area contributed by atoms with Gasteiger partial charge in [-0.15, -0.1) is 0 Å². The second kappa shape index (κ2) is 4.33. The summed E-state index contributed by atoms with van der Waals surface area (Å²) in [5.74, 6) is 0. The van der Waals surface area contributed by atoms with Gasteiger partial charge in [-0.25, -0.2) is 4.79 Å². The minimum atomic E-state index is -0.981. The first-order valence-corrected chi connectivity index (χ1v) is 5.91. The Bertz CT molecular complexity index is 422. The van der Waals surface area contributed by atoms with E-state index in [-0.39, 0.29) is 12.1 Å². The van der Waals surface area contributed by atoms with E-state index in [1.54, 1.807) is 0 Å². The molecule has 5 heteroatoms. The lowest BCUT2D eigenvalue weighted by Crippen LogP contribution is -2.35. The summed E-state index contributed by atoms with van der Waals surface area (Å²) in [4.78, 5) is 10.7. The predicted octanol–water partition coefficient (Wildman–Crippen LogP) is 2.96. The van der Waals surface area contributed by atoms with Crippen molar-refractivity contribution in [1.82, 2.24) is 5.32 Å². The number of hydrogen-bond acceptors (Lipinski definition) is 2. The maximum Gasteiger partial charge on any atom is 0.405 e. The summed E-state index contributed by atoms with van der Waals surface area (Å²) in [7, 11) is 0. The van der Waals surface area contributed by atoms with Gasteiger partial charge in [0.15, 0.2) is 0 Å². The zero-order chi connectivity index (χ0) is 11.7. The largest absolute Gasteiger partial charge is 0.465 e. The van der Waals surface area contributed by atoms with Crippen LogP contribution in [0.2, 0.25) is 0 Å². The lowest BCUT2D eigenvalue weighted by atomic mass is 9.94. The average molecular weight is 285 g/mol. The first kappa shape index (κ1) is 11.3. The number of amides is 1. The van der Waals surface area contributed by atoms with Crippen LogP contribution in [0.4, 0.5) is 10.5 Å². The molecular formula is C11H13BrN2O2. The summed E-state index contributed by atoms with van der Waals surface area (Å²) >= 11 is 3.40. The maximum absolute atomic E-state index is 10.7. The Kier molecular flexibility index (Phi) is 3.05. The number of anilines is 1. The molecule has 0 saturated heterocycles. The van der Waals surface area contributed by atoms with Crippen LogP contribution in [0.3, 0.4) is 0 Å². The van der Waals surface area contributed by atoms with E-state index in [4.69, 9.17) is 5.11 Å². The highest BCUT2D eigenvalue weighted by Crippen LogP contribution is 2.34. The minimum absolute atomic E-state index is 0.138. The van der Waals surface area contributed by atoms with Gasteiger partial charge in [-0.1, -0.05) is 15.9 Å². The molecule has 0 radical (unpaired) electrons. The van der Waals surface area contributed by atoms with Crippen LogP contribution in [-0.4, -0.2) is 17.2 Å². The molecule has 1 aliphatic heterocycles. The first-order chi connectivity index (χ1) is 7.56. The third-order valence-corrected chi connectivity index (χ3v) is 3.17. The fourth-order valence-corrected chi connectivity index (χ4v) is 2.42. The maximum atomic E-state index is 10.7. The van der Waals surface area contributed by atoms with Gasteiger partial charge < -0.3 is 15.7 Å². The molecule has 0 aromatic heterocycles. The van der Waals surface area contributed by atoms with Crippen molar-refractivity contribution in [1.29, 1.82) is 0 Å². The second-order valence-electron chi connectivity index (χ2n) is 4.01. The molecule has 2 atom stereocenters. The smallest absolute Gasteiger partial charge is 0.405 e. The molecule has 1 heterocycles. The standard InChI is InChI=1S/C11H13BrN2O2/c1-6-4-10(14-11(15)16)8-5-7(12)2-3-9(8)13-6/h2-3,5-6,10,13-14H,4H2,1H3,(H,15,16)/t6-,10+/m0/s1. The van der Waals surface area contributed by atoms with Gasteiger partial charge >= 0.3 is 6.09 Å². The Morgan fingerprint density at radius 3 is 3.06 bits per heavy atom. The van der Waals surface area contributed by atoms with Gasteiger partial charge in [0, 0.05) is 16.2 Å². The van der Waals surface area contributed by atoms with Crippen LogP contribution in [-0.2, 0) is 0 Å². The van der Waals surface area contributed by atoms with Crippen LogP contribution in [0, 0.1) is 0 Å². The lowest BCUT2D eigenvalue weighted by Gasteiger charge is -2.31. The number of carboxylic acid groups (broad SMARTS) is 1. The summed E-state index contributed by atoms with van der Waals surface area (Å²) in [5, 5.41) is 14.7. The van der Waals surface area contributed by atoms with Crippen molar-refractivity contribution in [3.8, 4) is 0 Å². The number of hydrogen-bond donors (Lipinski definition) is 3. The number of rotatable bonds is 1. The van der Waals surface area contributed by atoms with Crippen LogP contribution >= 0.6 is 15.9 Å². The third kappa shape index (κ3) is 2.29. The molecule has 0 saturated carbocycles. The summed E-state index contributed by atoms with van der Waals surface area (Å²) in [6.45, 7) is 2.04.